The van der Waals surface area contributed by atoms with E-state index in [9.17, 15) is 4.79 Å². The Kier molecular flexibility index (Phi) is 4.31. The average Bonchev–Trinajstić information content (AvgIpc) is 2.25. The van der Waals surface area contributed by atoms with E-state index in [4.69, 9.17) is 0 Å². The number of carbonyl (C=O) groups is 1. The fraction of sp³-hybridized carbons (Fsp3) is 0.417. The highest BCUT2D eigenvalue weighted by Gasteiger charge is 2.08. The van der Waals surface area contributed by atoms with Gasteiger partial charge in [0.1, 0.15) is 0 Å². The molecule has 1 unspecified atom stereocenters. The standard InChI is InChI=1S/C12H18N2O/c1-9-5-4-6-11(7-9)8-14-12(15)10(2)13-3/h4-7,10,13H,8H2,1-3H3,(H,14,15). The smallest absolute Gasteiger partial charge is 0.237 e. The number of hydrogen-bond donors (Lipinski definition) is 2. The van der Waals surface area contributed by atoms with Crippen molar-refractivity contribution in [3.8, 4) is 0 Å². The first-order valence-corrected chi connectivity index (χ1v) is 5.14. The monoisotopic (exact) mass is 206 g/mol. The largest absolute Gasteiger partial charge is 0.351 e. The summed E-state index contributed by atoms with van der Waals surface area (Å²) in [5, 5.41) is 5.78. The van der Waals surface area contributed by atoms with Gasteiger partial charge in [-0.3, -0.25) is 4.79 Å². The third-order valence-corrected chi connectivity index (χ3v) is 2.38. The molecule has 1 aromatic carbocycles. The minimum Gasteiger partial charge on any atom is -0.351 e. The molecule has 0 aliphatic heterocycles. The Balaban J connectivity index is 2.47. The second kappa shape index (κ2) is 5.51. The van der Waals surface area contributed by atoms with Gasteiger partial charge in [0, 0.05) is 6.54 Å². The second-order valence-electron chi connectivity index (χ2n) is 3.72. The molecule has 0 radical (unpaired) electrons. The van der Waals surface area contributed by atoms with E-state index in [2.05, 4.69) is 16.7 Å². The number of nitrogens with one attached hydrogen (secondary N) is 2. The molecule has 0 saturated carbocycles. The highest BCUT2D eigenvalue weighted by atomic mass is 16.2. The van der Waals surface area contributed by atoms with Gasteiger partial charge in [0.2, 0.25) is 5.91 Å². The number of rotatable bonds is 4. The lowest BCUT2D eigenvalue weighted by Gasteiger charge is -2.11. The zero-order valence-electron chi connectivity index (χ0n) is 9.50. The first-order chi connectivity index (χ1) is 7.13. The van der Waals surface area contributed by atoms with Crippen molar-refractivity contribution >= 4 is 5.91 Å². The molecule has 3 heteroatoms. The molecule has 2 N–H and O–H groups in total. The van der Waals surface area contributed by atoms with E-state index >= 15 is 0 Å². The molecule has 0 fully saturated rings. The van der Waals surface area contributed by atoms with Crippen molar-refractivity contribution in [3.05, 3.63) is 35.4 Å². The van der Waals surface area contributed by atoms with Gasteiger partial charge < -0.3 is 10.6 Å². The van der Waals surface area contributed by atoms with Crippen molar-refractivity contribution in [3.63, 3.8) is 0 Å². The van der Waals surface area contributed by atoms with Gasteiger partial charge in [-0.2, -0.15) is 0 Å². The minimum absolute atomic E-state index is 0.0269. The fourth-order valence-electron chi connectivity index (χ4n) is 1.30. The van der Waals surface area contributed by atoms with Crippen molar-refractivity contribution in [2.45, 2.75) is 26.4 Å². The molecule has 15 heavy (non-hydrogen) atoms. The number of aryl methyl sites for hydroxylation is 1. The first-order valence-electron chi connectivity index (χ1n) is 5.14. The second-order valence-corrected chi connectivity index (χ2v) is 3.72. The highest BCUT2D eigenvalue weighted by molar-refractivity contribution is 5.81. The Morgan fingerprint density at radius 2 is 2.20 bits per heavy atom. The molecule has 0 bridgehead atoms. The lowest BCUT2D eigenvalue weighted by atomic mass is 10.1. The van der Waals surface area contributed by atoms with E-state index in [0.29, 0.717) is 6.54 Å². The van der Waals surface area contributed by atoms with Crippen LogP contribution in [0.1, 0.15) is 18.1 Å². The van der Waals surface area contributed by atoms with Gasteiger partial charge in [0.05, 0.1) is 6.04 Å². The average molecular weight is 206 g/mol. The predicted octanol–water partition coefficient (Wildman–Crippen LogP) is 1.22. The van der Waals surface area contributed by atoms with E-state index in [1.54, 1.807) is 7.05 Å². The van der Waals surface area contributed by atoms with E-state index in [1.807, 2.05) is 32.0 Å². The Hall–Kier alpha value is -1.35. The van der Waals surface area contributed by atoms with Crippen LogP contribution in [0.2, 0.25) is 0 Å². The van der Waals surface area contributed by atoms with Crippen molar-refractivity contribution in [2.24, 2.45) is 0 Å². The molecule has 0 heterocycles. The van der Waals surface area contributed by atoms with Crippen molar-refractivity contribution in [1.29, 1.82) is 0 Å². The van der Waals surface area contributed by atoms with Crippen molar-refractivity contribution in [2.75, 3.05) is 7.05 Å². The van der Waals surface area contributed by atoms with Crippen LogP contribution in [-0.4, -0.2) is 19.0 Å². The summed E-state index contributed by atoms with van der Waals surface area (Å²) >= 11 is 0. The first kappa shape index (κ1) is 11.7. The molecular formula is C12H18N2O. The Bertz CT molecular complexity index is 336. The summed E-state index contributed by atoms with van der Waals surface area (Å²) in [4.78, 5) is 11.5. The molecule has 82 valence electrons. The van der Waals surface area contributed by atoms with Crippen LogP contribution in [0.15, 0.2) is 24.3 Å². The van der Waals surface area contributed by atoms with E-state index in [0.717, 1.165) is 5.56 Å². The van der Waals surface area contributed by atoms with Crippen LogP contribution in [0.5, 0.6) is 0 Å². The van der Waals surface area contributed by atoms with Gasteiger partial charge in [-0.05, 0) is 26.5 Å². The number of benzene rings is 1. The molecule has 0 aromatic heterocycles. The van der Waals surface area contributed by atoms with Gasteiger partial charge in [-0.25, -0.2) is 0 Å². The van der Waals surface area contributed by atoms with Crippen LogP contribution >= 0.6 is 0 Å². The summed E-state index contributed by atoms with van der Waals surface area (Å²) in [5.74, 6) is 0.0269. The van der Waals surface area contributed by atoms with Crippen LogP contribution in [0.4, 0.5) is 0 Å². The van der Waals surface area contributed by atoms with Gasteiger partial charge in [-0.1, -0.05) is 29.8 Å². The molecule has 1 aromatic rings. The molecule has 1 atom stereocenters. The topological polar surface area (TPSA) is 41.1 Å². The maximum absolute atomic E-state index is 11.5. The summed E-state index contributed by atoms with van der Waals surface area (Å²) in [6, 6.07) is 7.98. The molecule has 3 nitrogen and oxygen atoms in total. The molecule has 1 amide bonds. The number of hydrogen-bond acceptors (Lipinski definition) is 2. The minimum atomic E-state index is -0.144. The SMILES string of the molecule is CNC(C)C(=O)NCc1cccc(C)c1. The normalized spacial score (nSPS) is 12.2. The fourth-order valence-corrected chi connectivity index (χ4v) is 1.30. The lowest BCUT2D eigenvalue weighted by Crippen LogP contribution is -2.39. The van der Waals surface area contributed by atoms with Crippen LogP contribution in [0.25, 0.3) is 0 Å². The Morgan fingerprint density at radius 3 is 2.80 bits per heavy atom. The molecule has 1 rings (SSSR count). The Labute approximate surface area is 90.9 Å². The molecule has 0 spiro atoms. The zero-order chi connectivity index (χ0) is 11.3. The quantitative estimate of drug-likeness (QED) is 0.777. The molecular weight excluding hydrogens is 188 g/mol. The maximum atomic E-state index is 11.5. The number of likely N-dealkylation sites (N-methyl/N-ethyl adjacent to an activating group) is 1. The highest BCUT2D eigenvalue weighted by Crippen LogP contribution is 2.03. The van der Waals surface area contributed by atoms with Gasteiger partial charge in [-0.15, -0.1) is 0 Å². The van der Waals surface area contributed by atoms with Gasteiger partial charge >= 0.3 is 0 Å². The summed E-state index contributed by atoms with van der Waals surface area (Å²) in [6.07, 6.45) is 0. The summed E-state index contributed by atoms with van der Waals surface area (Å²) < 4.78 is 0. The third-order valence-electron chi connectivity index (χ3n) is 2.38. The third kappa shape index (κ3) is 3.72. The molecule has 0 aliphatic carbocycles. The predicted molar refractivity (Wildman–Crippen MR) is 61.5 cm³/mol. The Morgan fingerprint density at radius 1 is 1.47 bits per heavy atom. The van der Waals surface area contributed by atoms with Gasteiger partial charge in [0.25, 0.3) is 0 Å². The summed E-state index contributed by atoms with van der Waals surface area (Å²) in [5.41, 5.74) is 2.34. The van der Waals surface area contributed by atoms with Gasteiger partial charge in [0.15, 0.2) is 0 Å². The van der Waals surface area contributed by atoms with E-state index < -0.39 is 0 Å². The zero-order valence-corrected chi connectivity index (χ0v) is 9.50. The summed E-state index contributed by atoms with van der Waals surface area (Å²) in [6.45, 7) is 4.47. The van der Waals surface area contributed by atoms with Crippen molar-refractivity contribution < 1.29 is 4.79 Å². The van der Waals surface area contributed by atoms with Crippen LogP contribution in [0, 0.1) is 6.92 Å². The van der Waals surface area contributed by atoms with Crippen molar-refractivity contribution in [1.82, 2.24) is 10.6 Å². The summed E-state index contributed by atoms with van der Waals surface area (Å²) in [7, 11) is 1.77. The van der Waals surface area contributed by atoms with Crippen LogP contribution in [0.3, 0.4) is 0 Å². The maximum Gasteiger partial charge on any atom is 0.237 e. The van der Waals surface area contributed by atoms with E-state index in [-0.39, 0.29) is 11.9 Å². The van der Waals surface area contributed by atoms with Crippen LogP contribution < -0.4 is 10.6 Å². The molecule has 0 saturated heterocycles. The number of carbonyl (C=O) groups excluding carboxylic acids is 1. The number of amides is 1. The lowest BCUT2D eigenvalue weighted by molar-refractivity contribution is -0.122. The van der Waals surface area contributed by atoms with Crippen LogP contribution in [-0.2, 0) is 11.3 Å². The van der Waals surface area contributed by atoms with E-state index in [1.165, 1.54) is 5.56 Å². The molecule has 0 aliphatic rings.